The summed E-state index contributed by atoms with van der Waals surface area (Å²) < 4.78 is 5.09. The minimum Gasteiger partial charge on any atom is -0.394 e. The van der Waals surface area contributed by atoms with Gasteiger partial charge < -0.3 is 20.1 Å². The normalized spacial score (nSPS) is 10.2. The van der Waals surface area contributed by atoms with Crippen LogP contribution in [0.2, 0.25) is 0 Å². The van der Waals surface area contributed by atoms with Crippen LogP contribution in [-0.2, 0) is 4.74 Å². The van der Waals surface area contributed by atoms with Crippen LogP contribution in [0.1, 0.15) is 10.5 Å². The second kappa shape index (κ2) is 7.57. The second-order valence-electron chi connectivity index (χ2n) is 3.60. The van der Waals surface area contributed by atoms with Crippen LogP contribution < -0.4 is 5.32 Å². The molecule has 0 unspecified atom stereocenters. The first-order valence-corrected chi connectivity index (χ1v) is 5.63. The van der Waals surface area contributed by atoms with E-state index in [1.807, 2.05) is 0 Å². The molecular formula is C11H18N4O3. The third-order valence-electron chi connectivity index (χ3n) is 2.28. The Hall–Kier alpha value is -1.73. The van der Waals surface area contributed by atoms with Crippen molar-refractivity contribution in [2.75, 3.05) is 45.8 Å². The molecule has 0 spiro atoms. The van der Waals surface area contributed by atoms with Gasteiger partial charge in [0, 0.05) is 20.6 Å². The van der Waals surface area contributed by atoms with Crippen LogP contribution in [-0.4, -0.2) is 66.3 Å². The average molecular weight is 254 g/mol. The van der Waals surface area contributed by atoms with Gasteiger partial charge in [-0.05, 0) is 0 Å². The molecule has 1 aromatic heterocycles. The number of ether oxygens (including phenoxy) is 1. The number of aliphatic hydroxyl groups is 1. The van der Waals surface area contributed by atoms with Crippen LogP contribution in [0.4, 0.5) is 5.82 Å². The molecule has 100 valence electrons. The van der Waals surface area contributed by atoms with E-state index in [0.29, 0.717) is 24.7 Å². The predicted molar refractivity (Wildman–Crippen MR) is 66.4 cm³/mol. The molecule has 0 aliphatic rings. The molecule has 1 aromatic rings. The lowest BCUT2D eigenvalue weighted by Gasteiger charge is -2.16. The first-order valence-electron chi connectivity index (χ1n) is 5.63. The minimum atomic E-state index is -0.210. The zero-order chi connectivity index (χ0) is 13.4. The Morgan fingerprint density at radius 2 is 2.22 bits per heavy atom. The van der Waals surface area contributed by atoms with Gasteiger partial charge in [0.1, 0.15) is 11.5 Å². The summed E-state index contributed by atoms with van der Waals surface area (Å²) >= 11 is 0. The molecule has 0 bridgehead atoms. The molecule has 0 aliphatic heterocycles. The second-order valence-corrected chi connectivity index (χ2v) is 3.60. The van der Waals surface area contributed by atoms with Crippen LogP contribution in [0.5, 0.6) is 0 Å². The van der Waals surface area contributed by atoms with Crippen molar-refractivity contribution in [2.24, 2.45) is 0 Å². The fourth-order valence-electron chi connectivity index (χ4n) is 1.23. The van der Waals surface area contributed by atoms with Gasteiger partial charge in [-0.3, -0.25) is 4.79 Å². The van der Waals surface area contributed by atoms with Gasteiger partial charge >= 0.3 is 0 Å². The molecule has 0 aromatic carbocycles. The van der Waals surface area contributed by atoms with Gasteiger partial charge in [-0.15, -0.1) is 0 Å². The molecule has 1 rings (SSSR count). The molecule has 7 nitrogen and oxygen atoms in total. The van der Waals surface area contributed by atoms with Gasteiger partial charge in [0.15, 0.2) is 0 Å². The maximum Gasteiger partial charge on any atom is 0.273 e. The quantitative estimate of drug-likeness (QED) is 0.644. The Kier molecular flexibility index (Phi) is 6.03. The van der Waals surface area contributed by atoms with Crippen molar-refractivity contribution < 1.29 is 14.6 Å². The molecular weight excluding hydrogens is 236 g/mol. The topological polar surface area (TPSA) is 87.6 Å². The Morgan fingerprint density at radius 1 is 1.44 bits per heavy atom. The van der Waals surface area contributed by atoms with Crippen LogP contribution in [0.15, 0.2) is 12.4 Å². The average Bonchev–Trinajstić information content (AvgIpc) is 2.42. The zero-order valence-corrected chi connectivity index (χ0v) is 10.6. The molecule has 1 heterocycles. The number of carbonyl (C=O) groups excluding carboxylic acids is 1. The van der Waals surface area contributed by atoms with Gasteiger partial charge in [0.05, 0.1) is 32.2 Å². The molecule has 0 saturated carbocycles. The van der Waals surface area contributed by atoms with Gasteiger partial charge in [-0.1, -0.05) is 0 Å². The number of aromatic nitrogens is 2. The molecule has 2 N–H and O–H groups in total. The number of rotatable bonds is 7. The Morgan fingerprint density at radius 3 is 2.78 bits per heavy atom. The van der Waals surface area contributed by atoms with Crippen molar-refractivity contribution in [3.8, 4) is 0 Å². The number of likely N-dealkylation sites (N-methyl/N-ethyl adjacent to an activating group) is 1. The van der Waals surface area contributed by atoms with Gasteiger partial charge in [-0.2, -0.15) is 0 Å². The maximum atomic E-state index is 11.9. The highest BCUT2D eigenvalue weighted by atomic mass is 16.5. The van der Waals surface area contributed by atoms with E-state index in [1.54, 1.807) is 14.1 Å². The van der Waals surface area contributed by atoms with E-state index >= 15 is 0 Å². The number of hydrogen-bond acceptors (Lipinski definition) is 6. The number of carbonyl (C=O) groups is 1. The highest BCUT2D eigenvalue weighted by Crippen LogP contribution is 2.02. The molecule has 18 heavy (non-hydrogen) atoms. The van der Waals surface area contributed by atoms with Crippen molar-refractivity contribution in [3.63, 3.8) is 0 Å². The SMILES string of the molecule is CNc1cnc(C(=O)N(C)CCOCCO)cn1. The first-order chi connectivity index (χ1) is 8.69. The van der Waals surface area contributed by atoms with Crippen molar-refractivity contribution in [1.82, 2.24) is 14.9 Å². The first kappa shape index (κ1) is 14.3. The maximum absolute atomic E-state index is 11.9. The molecule has 1 amide bonds. The molecule has 0 saturated heterocycles. The zero-order valence-electron chi connectivity index (χ0n) is 10.6. The number of aliphatic hydroxyl groups excluding tert-OH is 1. The van der Waals surface area contributed by atoms with Crippen LogP contribution in [0.25, 0.3) is 0 Å². The molecule has 0 atom stereocenters. The van der Waals surface area contributed by atoms with Crippen LogP contribution in [0.3, 0.4) is 0 Å². The summed E-state index contributed by atoms with van der Waals surface area (Å²) in [5, 5.41) is 11.4. The fourth-order valence-corrected chi connectivity index (χ4v) is 1.23. The number of nitrogens with one attached hydrogen (secondary N) is 1. The van der Waals surface area contributed by atoms with E-state index in [1.165, 1.54) is 17.3 Å². The molecule has 0 fully saturated rings. The van der Waals surface area contributed by atoms with E-state index in [0.717, 1.165) is 0 Å². The van der Waals surface area contributed by atoms with E-state index in [9.17, 15) is 4.79 Å². The Bertz CT molecular complexity index is 369. The smallest absolute Gasteiger partial charge is 0.273 e. The number of amides is 1. The number of nitrogens with zero attached hydrogens (tertiary/aromatic N) is 3. The Balaban J connectivity index is 2.46. The lowest BCUT2D eigenvalue weighted by molar-refractivity contribution is 0.0614. The van der Waals surface area contributed by atoms with E-state index in [-0.39, 0.29) is 19.1 Å². The number of hydrogen-bond donors (Lipinski definition) is 2. The van der Waals surface area contributed by atoms with Crippen molar-refractivity contribution in [1.29, 1.82) is 0 Å². The molecule has 7 heteroatoms. The number of anilines is 1. The third-order valence-corrected chi connectivity index (χ3v) is 2.28. The van der Waals surface area contributed by atoms with Crippen molar-refractivity contribution in [2.45, 2.75) is 0 Å². The monoisotopic (exact) mass is 254 g/mol. The summed E-state index contributed by atoms with van der Waals surface area (Å²) in [6.07, 6.45) is 2.93. The summed E-state index contributed by atoms with van der Waals surface area (Å²) in [5.74, 6) is 0.401. The van der Waals surface area contributed by atoms with Crippen molar-refractivity contribution >= 4 is 11.7 Å². The van der Waals surface area contributed by atoms with Gasteiger partial charge in [0.2, 0.25) is 0 Å². The van der Waals surface area contributed by atoms with Gasteiger partial charge in [-0.25, -0.2) is 9.97 Å². The van der Waals surface area contributed by atoms with E-state index in [2.05, 4.69) is 15.3 Å². The third kappa shape index (κ3) is 4.27. The Labute approximate surface area is 106 Å². The fraction of sp³-hybridized carbons (Fsp3) is 0.545. The van der Waals surface area contributed by atoms with Crippen LogP contribution in [0, 0.1) is 0 Å². The lowest BCUT2D eigenvalue weighted by atomic mass is 10.4. The van der Waals surface area contributed by atoms with Gasteiger partial charge in [0.25, 0.3) is 5.91 Å². The summed E-state index contributed by atoms with van der Waals surface area (Å²) in [4.78, 5) is 21.4. The largest absolute Gasteiger partial charge is 0.394 e. The van der Waals surface area contributed by atoms with Crippen LogP contribution >= 0.6 is 0 Å². The highest BCUT2D eigenvalue weighted by Gasteiger charge is 2.13. The predicted octanol–water partition coefficient (Wildman–Crippen LogP) is -0.401. The minimum absolute atomic E-state index is 0.0192. The molecule has 0 radical (unpaired) electrons. The summed E-state index contributed by atoms with van der Waals surface area (Å²) in [7, 11) is 3.40. The standard InChI is InChI=1S/C11H18N4O3/c1-12-10-8-13-9(7-14-10)11(17)15(2)3-5-18-6-4-16/h7-8,16H,3-6H2,1-2H3,(H,12,14). The highest BCUT2D eigenvalue weighted by molar-refractivity contribution is 5.91. The lowest BCUT2D eigenvalue weighted by Crippen LogP contribution is -2.31. The van der Waals surface area contributed by atoms with E-state index < -0.39 is 0 Å². The van der Waals surface area contributed by atoms with E-state index in [4.69, 9.17) is 9.84 Å². The summed E-state index contributed by atoms with van der Waals surface area (Å²) in [6, 6.07) is 0. The summed E-state index contributed by atoms with van der Waals surface area (Å²) in [5.41, 5.74) is 0.290. The molecule has 0 aliphatic carbocycles. The summed E-state index contributed by atoms with van der Waals surface area (Å²) in [6.45, 7) is 1.08. The van der Waals surface area contributed by atoms with Crippen molar-refractivity contribution in [3.05, 3.63) is 18.1 Å².